The smallest absolute Gasteiger partial charge is 0.255 e. The number of amides is 2. The summed E-state index contributed by atoms with van der Waals surface area (Å²) in [6.45, 7) is 1.81. The van der Waals surface area contributed by atoms with Crippen molar-refractivity contribution in [2.45, 2.75) is 6.42 Å². The molecule has 4 rings (SSSR count). The summed E-state index contributed by atoms with van der Waals surface area (Å²) in [7, 11) is 0. The molecule has 4 heterocycles. The zero-order valence-corrected chi connectivity index (χ0v) is 13.2. The molecule has 6 heteroatoms. The van der Waals surface area contributed by atoms with Gasteiger partial charge >= 0.3 is 0 Å². The Kier molecular flexibility index (Phi) is 3.72. The van der Waals surface area contributed by atoms with E-state index in [0.717, 1.165) is 12.1 Å². The van der Waals surface area contributed by atoms with Crippen LogP contribution in [0.5, 0.6) is 0 Å². The van der Waals surface area contributed by atoms with Crippen molar-refractivity contribution in [3.63, 3.8) is 0 Å². The molecule has 0 saturated carbocycles. The number of carbonyl (C=O) groups is 2. The van der Waals surface area contributed by atoms with Crippen LogP contribution >= 0.6 is 0 Å². The van der Waals surface area contributed by atoms with Gasteiger partial charge in [0.2, 0.25) is 5.91 Å². The van der Waals surface area contributed by atoms with Crippen LogP contribution in [0.4, 0.5) is 5.69 Å². The number of likely N-dealkylation sites (tertiary alicyclic amines) is 1. The number of pyridine rings is 2. The predicted molar refractivity (Wildman–Crippen MR) is 88.3 cm³/mol. The molecule has 2 aliphatic rings. The van der Waals surface area contributed by atoms with Crippen molar-refractivity contribution < 1.29 is 9.59 Å². The first-order valence-corrected chi connectivity index (χ1v) is 8.15. The standard InChI is InChI=1S/C18H18N4O2/c23-17(13-3-1-6-19-9-13)21-11-14-5-8-22(18(24)16(14)12-21)15-4-2-7-20-10-15/h1-4,6-7,9-10,14,16H,5,8,11-12H2/t14-,16-/m0/s1. The molecule has 2 amide bonds. The van der Waals surface area contributed by atoms with Gasteiger partial charge in [0.25, 0.3) is 5.91 Å². The lowest BCUT2D eigenvalue weighted by Gasteiger charge is -2.33. The van der Waals surface area contributed by atoms with Crippen LogP contribution in [-0.4, -0.2) is 46.3 Å². The lowest BCUT2D eigenvalue weighted by Crippen LogP contribution is -2.45. The van der Waals surface area contributed by atoms with E-state index in [1.54, 1.807) is 46.7 Å². The van der Waals surface area contributed by atoms with E-state index in [2.05, 4.69) is 9.97 Å². The van der Waals surface area contributed by atoms with Gasteiger partial charge in [-0.15, -0.1) is 0 Å². The summed E-state index contributed by atoms with van der Waals surface area (Å²) in [5.74, 6) is 0.171. The van der Waals surface area contributed by atoms with Gasteiger partial charge in [0.1, 0.15) is 0 Å². The Balaban J connectivity index is 1.51. The SMILES string of the molecule is O=C(c1cccnc1)N1C[C@@H]2CCN(c3cccnc3)C(=O)[C@H]2C1. The number of hydrogen-bond donors (Lipinski definition) is 0. The Morgan fingerprint density at radius 3 is 2.58 bits per heavy atom. The van der Waals surface area contributed by atoms with E-state index in [-0.39, 0.29) is 23.7 Å². The van der Waals surface area contributed by atoms with E-state index in [0.29, 0.717) is 25.2 Å². The quantitative estimate of drug-likeness (QED) is 0.842. The van der Waals surface area contributed by atoms with Gasteiger partial charge in [0.05, 0.1) is 23.4 Å². The second-order valence-electron chi connectivity index (χ2n) is 6.31. The van der Waals surface area contributed by atoms with Crippen LogP contribution in [0.1, 0.15) is 16.8 Å². The van der Waals surface area contributed by atoms with Crippen LogP contribution in [0.25, 0.3) is 0 Å². The molecule has 0 aliphatic carbocycles. The van der Waals surface area contributed by atoms with Gasteiger partial charge in [-0.05, 0) is 36.6 Å². The highest BCUT2D eigenvalue weighted by atomic mass is 16.2. The first-order chi connectivity index (χ1) is 11.7. The molecule has 2 aromatic rings. The Hall–Kier alpha value is -2.76. The van der Waals surface area contributed by atoms with Gasteiger partial charge in [0, 0.05) is 38.2 Å². The molecule has 122 valence electrons. The summed E-state index contributed by atoms with van der Waals surface area (Å²) >= 11 is 0. The van der Waals surface area contributed by atoms with Crippen LogP contribution in [0.3, 0.4) is 0 Å². The lowest BCUT2D eigenvalue weighted by atomic mass is 9.88. The highest BCUT2D eigenvalue weighted by Gasteiger charge is 2.44. The molecule has 2 saturated heterocycles. The summed E-state index contributed by atoms with van der Waals surface area (Å²) in [6.07, 6.45) is 7.54. The van der Waals surface area contributed by atoms with Crippen LogP contribution in [0, 0.1) is 11.8 Å². The molecule has 2 aromatic heterocycles. The van der Waals surface area contributed by atoms with Crippen LogP contribution < -0.4 is 4.90 Å². The number of fused-ring (bicyclic) bond motifs is 1. The zero-order chi connectivity index (χ0) is 16.5. The van der Waals surface area contributed by atoms with Gasteiger partial charge in [-0.25, -0.2) is 0 Å². The van der Waals surface area contributed by atoms with Crippen molar-refractivity contribution in [1.29, 1.82) is 0 Å². The third-order valence-electron chi connectivity index (χ3n) is 4.90. The number of piperidine rings is 1. The second kappa shape index (κ2) is 6.03. The molecule has 0 aromatic carbocycles. The van der Waals surface area contributed by atoms with Gasteiger partial charge < -0.3 is 9.80 Å². The van der Waals surface area contributed by atoms with Crippen LogP contribution in [0.2, 0.25) is 0 Å². The summed E-state index contributed by atoms with van der Waals surface area (Å²) in [5.41, 5.74) is 1.41. The predicted octanol–water partition coefficient (Wildman–Crippen LogP) is 1.60. The molecule has 0 unspecified atom stereocenters. The Bertz CT molecular complexity index is 750. The molecule has 2 aliphatic heterocycles. The zero-order valence-electron chi connectivity index (χ0n) is 13.2. The number of aromatic nitrogens is 2. The van der Waals surface area contributed by atoms with Crippen molar-refractivity contribution in [2.75, 3.05) is 24.5 Å². The molecule has 0 N–H and O–H groups in total. The molecule has 0 bridgehead atoms. The summed E-state index contributed by atoms with van der Waals surface area (Å²) < 4.78 is 0. The monoisotopic (exact) mass is 322 g/mol. The molecule has 2 atom stereocenters. The van der Waals surface area contributed by atoms with Gasteiger partial charge in [-0.1, -0.05) is 0 Å². The number of anilines is 1. The Morgan fingerprint density at radius 1 is 1.08 bits per heavy atom. The average Bonchev–Trinajstić information content (AvgIpc) is 3.08. The first-order valence-electron chi connectivity index (χ1n) is 8.15. The number of rotatable bonds is 2. The van der Waals surface area contributed by atoms with Crippen LogP contribution in [0.15, 0.2) is 49.1 Å². The first kappa shape index (κ1) is 14.8. The van der Waals surface area contributed by atoms with E-state index >= 15 is 0 Å². The van der Waals surface area contributed by atoms with E-state index in [1.807, 2.05) is 12.1 Å². The Labute approximate surface area is 140 Å². The minimum absolute atomic E-state index is 0.0433. The second-order valence-corrected chi connectivity index (χ2v) is 6.31. The maximum absolute atomic E-state index is 12.9. The van der Waals surface area contributed by atoms with Gasteiger partial charge in [-0.3, -0.25) is 19.6 Å². The fourth-order valence-electron chi connectivity index (χ4n) is 3.66. The number of hydrogen-bond acceptors (Lipinski definition) is 4. The van der Waals surface area contributed by atoms with Crippen LogP contribution in [-0.2, 0) is 4.79 Å². The molecule has 6 nitrogen and oxygen atoms in total. The number of carbonyl (C=O) groups excluding carboxylic acids is 2. The molecule has 0 spiro atoms. The minimum atomic E-state index is -0.125. The van der Waals surface area contributed by atoms with E-state index in [4.69, 9.17) is 0 Å². The van der Waals surface area contributed by atoms with E-state index in [1.165, 1.54) is 0 Å². The van der Waals surface area contributed by atoms with Crippen molar-refractivity contribution in [2.24, 2.45) is 11.8 Å². The van der Waals surface area contributed by atoms with E-state index in [9.17, 15) is 9.59 Å². The molecule has 24 heavy (non-hydrogen) atoms. The van der Waals surface area contributed by atoms with Crippen molar-refractivity contribution in [1.82, 2.24) is 14.9 Å². The van der Waals surface area contributed by atoms with Crippen molar-refractivity contribution >= 4 is 17.5 Å². The minimum Gasteiger partial charge on any atom is -0.337 e. The topological polar surface area (TPSA) is 66.4 Å². The summed E-state index contributed by atoms with van der Waals surface area (Å²) in [4.78, 5) is 37.1. The maximum atomic E-state index is 12.9. The normalized spacial score (nSPS) is 23.2. The fourth-order valence-corrected chi connectivity index (χ4v) is 3.66. The summed E-state index contributed by atoms with van der Waals surface area (Å²) in [5, 5.41) is 0. The molecular weight excluding hydrogens is 304 g/mol. The van der Waals surface area contributed by atoms with Gasteiger partial charge in [-0.2, -0.15) is 0 Å². The molecular formula is C18H18N4O2. The number of nitrogens with zero attached hydrogens (tertiary/aromatic N) is 4. The summed E-state index contributed by atoms with van der Waals surface area (Å²) in [6, 6.07) is 7.26. The van der Waals surface area contributed by atoms with Crippen molar-refractivity contribution in [3.05, 3.63) is 54.6 Å². The largest absolute Gasteiger partial charge is 0.337 e. The fraction of sp³-hybridized carbons (Fsp3) is 0.333. The molecule has 0 radical (unpaired) electrons. The average molecular weight is 322 g/mol. The highest BCUT2D eigenvalue weighted by Crippen LogP contribution is 2.34. The van der Waals surface area contributed by atoms with E-state index < -0.39 is 0 Å². The van der Waals surface area contributed by atoms with Crippen molar-refractivity contribution in [3.8, 4) is 0 Å². The highest BCUT2D eigenvalue weighted by molar-refractivity contribution is 5.98. The molecule has 2 fully saturated rings. The lowest BCUT2D eigenvalue weighted by molar-refractivity contribution is -0.124. The third-order valence-corrected chi connectivity index (χ3v) is 4.90. The van der Waals surface area contributed by atoms with Gasteiger partial charge in [0.15, 0.2) is 0 Å². The maximum Gasteiger partial charge on any atom is 0.255 e. The Morgan fingerprint density at radius 2 is 1.88 bits per heavy atom. The third kappa shape index (κ3) is 2.54.